The molecular weight excluding hydrogens is 340 g/mol. The molecule has 5 nitrogen and oxygen atoms in total. The van der Waals surface area contributed by atoms with Crippen molar-refractivity contribution in [2.45, 2.75) is 31.5 Å². The Labute approximate surface area is 161 Å². The maximum Gasteiger partial charge on any atom is 0.261 e. The van der Waals surface area contributed by atoms with Gasteiger partial charge in [0.1, 0.15) is 5.75 Å². The average Bonchev–Trinajstić information content (AvgIpc) is 2.86. The minimum atomic E-state index is -0.427. The summed E-state index contributed by atoms with van der Waals surface area (Å²) >= 11 is 0. The van der Waals surface area contributed by atoms with E-state index in [2.05, 4.69) is 4.90 Å². The van der Waals surface area contributed by atoms with Gasteiger partial charge in [0.05, 0.1) is 6.10 Å². The van der Waals surface area contributed by atoms with Crippen molar-refractivity contribution in [2.75, 3.05) is 26.7 Å². The molecule has 2 aromatic carbocycles. The molecular formula is C22H28N2O3. The van der Waals surface area contributed by atoms with Gasteiger partial charge in [-0.2, -0.15) is 0 Å². The van der Waals surface area contributed by atoms with E-state index in [1.165, 1.54) is 0 Å². The summed E-state index contributed by atoms with van der Waals surface area (Å²) in [6.07, 6.45) is 1.01. The molecule has 3 rings (SSSR count). The SMILES string of the molecule is CN1CC[C@H](N(Cc2ccccc2)C(=O)COc2ccccc2)C[C@H](O)C1. The van der Waals surface area contributed by atoms with Crippen LogP contribution in [0.5, 0.6) is 5.75 Å². The predicted molar refractivity (Wildman–Crippen MR) is 105 cm³/mol. The van der Waals surface area contributed by atoms with Gasteiger partial charge < -0.3 is 19.6 Å². The predicted octanol–water partition coefficient (Wildman–Crippen LogP) is 2.55. The zero-order chi connectivity index (χ0) is 19.1. The molecule has 0 radical (unpaired) electrons. The molecule has 0 bridgehead atoms. The van der Waals surface area contributed by atoms with Gasteiger partial charge >= 0.3 is 0 Å². The van der Waals surface area contributed by atoms with Crippen LogP contribution in [0.4, 0.5) is 0 Å². The minimum absolute atomic E-state index is 0.000713. The van der Waals surface area contributed by atoms with E-state index < -0.39 is 6.10 Å². The van der Waals surface area contributed by atoms with Crippen molar-refractivity contribution in [3.05, 3.63) is 66.2 Å². The van der Waals surface area contributed by atoms with Gasteiger partial charge in [0.2, 0.25) is 0 Å². The monoisotopic (exact) mass is 368 g/mol. The van der Waals surface area contributed by atoms with Gasteiger partial charge in [0.15, 0.2) is 6.61 Å². The fraction of sp³-hybridized carbons (Fsp3) is 0.409. The van der Waals surface area contributed by atoms with Gasteiger partial charge in [0, 0.05) is 19.1 Å². The largest absolute Gasteiger partial charge is 0.484 e. The number of β-amino-alcohol motifs (C(OH)–C–C–N with tert-alkyl or cyclic N) is 1. The molecule has 2 atom stereocenters. The molecule has 2 aromatic rings. The van der Waals surface area contributed by atoms with Crippen LogP contribution >= 0.6 is 0 Å². The highest BCUT2D eigenvalue weighted by atomic mass is 16.5. The number of rotatable bonds is 6. The number of amides is 1. The van der Waals surface area contributed by atoms with E-state index in [0.29, 0.717) is 25.3 Å². The molecule has 1 amide bonds. The van der Waals surface area contributed by atoms with Crippen molar-refractivity contribution in [2.24, 2.45) is 0 Å². The molecule has 1 fully saturated rings. The summed E-state index contributed by atoms with van der Waals surface area (Å²) in [5.74, 6) is 0.635. The van der Waals surface area contributed by atoms with Crippen molar-refractivity contribution in [1.82, 2.24) is 9.80 Å². The summed E-state index contributed by atoms with van der Waals surface area (Å²) in [4.78, 5) is 17.0. The molecule has 1 heterocycles. The van der Waals surface area contributed by atoms with Crippen LogP contribution in [-0.4, -0.2) is 59.7 Å². The van der Waals surface area contributed by atoms with E-state index in [1.807, 2.05) is 72.6 Å². The Morgan fingerprint density at radius 2 is 1.81 bits per heavy atom. The van der Waals surface area contributed by atoms with Crippen molar-refractivity contribution >= 4 is 5.91 Å². The number of hydrogen-bond donors (Lipinski definition) is 1. The third kappa shape index (κ3) is 5.81. The van der Waals surface area contributed by atoms with Gasteiger partial charge in [0.25, 0.3) is 5.91 Å². The van der Waals surface area contributed by atoms with Gasteiger partial charge in [-0.15, -0.1) is 0 Å². The minimum Gasteiger partial charge on any atom is -0.484 e. The topological polar surface area (TPSA) is 53.0 Å². The van der Waals surface area contributed by atoms with Crippen LogP contribution in [0, 0.1) is 0 Å². The van der Waals surface area contributed by atoms with Crippen LogP contribution in [-0.2, 0) is 11.3 Å². The first-order chi connectivity index (χ1) is 13.1. The van der Waals surface area contributed by atoms with Gasteiger partial charge in [-0.25, -0.2) is 0 Å². The number of para-hydroxylation sites is 1. The fourth-order valence-electron chi connectivity index (χ4n) is 3.56. The first-order valence-corrected chi connectivity index (χ1v) is 9.49. The number of nitrogens with zero attached hydrogens (tertiary/aromatic N) is 2. The van der Waals surface area contributed by atoms with Crippen molar-refractivity contribution < 1.29 is 14.6 Å². The van der Waals surface area contributed by atoms with E-state index in [1.54, 1.807) is 0 Å². The third-order valence-corrected chi connectivity index (χ3v) is 4.97. The van der Waals surface area contributed by atoms with Crippen molar-refractivity contribution in [3.63, 3.8) is 0 Å². The lowest BCUT2D eigenvalue weighted by Crippen LogP contribution is -2.43. The Bertz CT molecular complexity index is 708. The maximum atomic E-state index is 13.0. The van der Waals surface area contributed by atoms with Crippen LogP contribution in [0.25, 0.3) is 0 Å². The van der Waals surface area contributed by atoms with Gasteiger partial charge in [-0.05, 0) is 44.1 Å². The molecule has 1 saturated heterocycles. The molecule has 0 unspecified atom stereocenters. The number of aliphatic hydroxyl groups excluding tert-OH is 1. The Balaban J connectivity index is 1.73. The number of aliphatic hydroxyl groups is 1. The van der Waals surface area contributed by atoms with Crippen LogP contribution in [0.3, 0.4) is 0 Å². The molecule has 1 aliphatic rings. The summed E-state index contributed by atoms with van der Waals surface area (Å²) < 4.78 is 5.69. The number of carbonyl (C=O) groups excluding carboxylic acids is 1. The standard InChI is InChI=1S/C22H28N2O3/c1-23-13-12-19(14-20(25)16-23)24(15-18-8-4-2-5-9-18)22(26)17-27-21-10-6-3-7-11-21/h2-11,19-20,25H,12-17H2,1H3/t19-,20-/m0/s1. The second-order valence-corrected chi connectivity index (χ2v) is 7.20. The number of ether oxygens (including phenoxy) is 1. The molecule has 1 N–H and O–H groups in total. The highest BCUT2D eigenvalue weighted by molar-refractivity contribution is 5.78. The summed E-state index contributed by atoms with van der Waals surface area (Å²) in [5, 5.41) is 10.3. The molecule has 0 spiro atoms. The maximum absolute atomic E-state index is 13.0. The highest BCUT2D eigenvalue weighted by Crippen LogP contribution is 2.20. The smallest absolute Gasteiger partial charge is 0.261 e. The summed E-state index contributed by atoms with van der Waals surface area (Å²) in [7, 11) is 2.01. The molecule has 0 aliphatic carbocycles. The summed E-state index contributed by atoms with van der Waals surface area (Å²) in [6, 6.07) is 19.4. The molecule has 144 valence electrons. The summed E-state index contributed by atoms with van der Waals surface area (Å²) in [5.41, 5.74) is 1.08. The average molecular weight is 368 g/mol. The van der Waals surface area contributed by atoms with E-state index in [4.69, 9.17) is 4.74 Å². The van der Waals surface area contributed by atoms with E-state index in [9.17, 15) is 9.90 Å². The summed E-state index contributed by atoms with van der Waals surface area (Å²) in [6.45, 7) is 2.03. The first kappa shape index (κ1) is 19.4. The zero-order valence-corrected chi connectivity index (χ0v) is 15.8. The fourth-order valence-corrected chi connectivity index (χ4v) is 3.56. The Kier molecular flexibility index (Phi) is 6.85. The van der Waals surface area contributed by atoms with Crippen LogP contribution in [0.2, 0.25) is 0 Å². The van der Waals surface area contributed by atoms with Crippen LogP contribution < -0.4 is 4.74 Å². The lowest BCUT2D eigenvalue weighted by atomic mass is 10.0. The Hall–Kier alpha value is -2.37. The number of likely N-dealkylation sites (N-methyl/N-ethyl adjacent to an activating group) is 1. The van der Waals surface area contributed by atoms with Gasteiger partial charge in [-0.3, -0.25) is 4.79 Å². The number of carbonyl (C=O) groups is 1. The quantitative estimate of drug-likeness (QED) is 0.851. The van der Waals surface area contributed by atoms with Crippen molar-refractivity contribution in [1.29, 1.82) is 0 Å². The van der Waals surface area contributed by atoms with Crippen molar-refractivity contribution in [3.8, 4) is 5.75 Å². The molecule has 1 aliphatic heterocycles. The Morgan fingerprint density at radius 3 is 2.52 bits per heavy atom. The normalized spacial score (nSPS) is 20.7. The highest BCUT2D eigenvalue weighted by Gasteiger charge is 2.29. The lowest BCUT2D eigenvalue weighted by Gasteiger charge is -2.32. The number of hydrogen-bond acceptors (Lipinski definition) is 4. The Morgan fingerprint density at radius 1 is 1.15 bits per heavy atom. The zero-order valence-electron chi connectivity index (χ0n) is 15.8. The first-order valence-electron chi connectivity index (χ1n) is 9.49. The van der Waals surface area contributed by atoms with E-state index in [-0.39, 0.29) is 18.6 Å². The number of likely N-dealkylation sites (tertiary alicyclic amines) is 1. The number of benzene rings is 2. The molecule has 0 aromatic heterocycles. The van der Waals surface area contributed by atoms with E-state index in [0.717, 1.165) is 18.5 Å². The van der Waals surface area contributed by atoms with Crippen LogP contribution in [0.1, 0.15) is 18.4 Å². The molecule has 5 heteroatoms. The van der Waals surface area contributed by atoms with E-state index >= 15 is 0 Å². The second-order valence-electron chi connectivity index (χ2n) is 7.20. The lowest BCUT2D eigenvalue weighted by molar-refractivity contribution is -0.137. The van der Waals surface area contributed by atoms with Gasteiger partial charge in [-0.1, -0.05) is 48.5 Å². The van der Waals surface area contributed by atoms with Crippen LogP contribution in [0.15, 0.2) is 60.7 Å². The molecule has 27 heavy (non-hydrogen) atoms. The molecule has 0 saturated carbocycles. The second kappa shape index (κ2) is 9.53. The third-order valence-electron chi connectivity index (χ3n) is 4.97.